The van der Waals surface area contributed by atoms with Gasteiger partial charge in [0.1, 0.15) is 12.4 Å². The molecule has 0 spiro atoms. The van der Waals surface area contributed by atoms with Crippen molar-refractivity contribution in [3.05, 3.63) is 47.3 Å². The standard InChI is InChI=1S/C18H27FN4O/c1-12(2)10-20-18(21-11-17(24)23(5)6)22-14(4)15-8-7-13(3)16(19)9-15/h7-9,14H,1,10-11H2,2-6H3,(H2,20,21,22). The van der Waals surface area contributed by atoms with Crippen LogP contribution in [0.4, 0.5) is 4.39 Å². The summed E-state index contributed by atoms with van der Waals surface area (Å²) in [5.41, 5.74) is 2.36. The Kier molecular flexibility index (Phi) is 7.42. The molecule has 1 rings (SSSR count). The van der Waals surface area contributed by atoms with Gasteiger partial charge in [-0.1, -0.05) is 24.3 Å². The maximum Gasteiger partial charge on any atom is 0.243 e. The predicted octanol–water partition coefficient (Wildman–Crippen LogP) is 2.39. The van der Waals surface area contributed by atoms with Crippen molar-refractivity contribution in [3.8, 4) is 0 Å². The first kappa shape index (κ1) is 19.7. The fourth-order valence-electron chi connectivity index (χ4n) is 1.84. The summed E-state index contributed by atoms with van der Waals surface area (Å²) in [7, 11) is 3.37. The summed E-state index contributed by atoms with van der Waals surface area (Å²) < 4.78 is 13.7. The van der Waals surface area contributed by atoms with Crippen molar-refractivity contribution >= 4 is 11.9 Å². The molecule has 0 saturated heterocycles. The van der Waals surface area contributed by atoms with Crippen molar-refractivity contribution in [1.82, 2.24) is 15.5 Å². The minimum Gasteiger partial charge on any atom is -0.353 e. The number of aliphatic imine (C=N–C) groups is 1. The molecule has 1 amide bonds. The van der Waals surface area contributed by atoms with Crippen LogP contribution in [0.2, 0.25) is 0 Å². The Labute approximate surface area is 143 Å². The average molecular weight is 334 g/mol. The Morgan fingerprint density at radius 2 is 2.08 bits per heavy atom. The smallest absolute Gasteiger partial charge is 0.243 e. The van der Waals surface area contributed by atoms with E-state index in [0.717, 1.165) is 11.1 Å². The molecule has 24 heavy (non-hydrogen) atoms. The second-order valence-electron chi connectivity index (χ2n) is 6.14. The fourth-order valence-corrected chi connectivity index (χ4v) is 1.84. The number of carbonyl (C=O) groups is 1. The van der Waals surface area contributed by atoms with Crippen molar-refractivity contribution in [3.63, 3.8) is 0 Å². The van der Waals surface area contributed by atoms with Crippen molar-refractivity contribution in [2.24, 2.45) is 4.99 Å². The second-order valence-corrected chi connectivity index (χ2v) is 6.14. The fraction of sp³-hybridized carbons (Fsp3) is 0.444. The molecule has 0 bridgehead atoms. The topological polar surface area (TPSA) is 56.7 Å². The summed E-state index contributed by atoms with van der Waals surface area (Å²) in [5.74, 6) is 0.152. The summed E-state index contributed by atoms with van der Waals surface area (Å²) >= 11 is 0. The van der Waals surface area contributed by atoms with Gasteiger partial charge in [0.05, 0.1) is 6.04 Å². The largest absolute Gasteiger partial charge is 0.353 e. The number of benzene rings is 1. The lowest BCUT2D eigenvalue weighted by Gasteiger charge is -2.19. The Morgan fingerprint density at radius 1 is 1.42 bits per heavy atom. The summed E-state index contributed by atoms with van der Waals surface area (Å²) in [6, 6.07) is 4.97. The SMILES string of the molecule is C=C(C)CNC(=NCC(=O)N(C)C)NC(C)c1ccc(C)c(F)c1. The highest BCUT2D eigenvalue weighted by atomic mass is 19.1. The van der Waals surface area contributed by atoms with Crippen molar-refractivity contribution < 1.29 is 9.18 Å². The molecule has 1 atom stereocenters. The number of guanidine groups is 1. The number of hydrogen-bond donors (Lipinski definition) is 2. The van der Waals surface area contributed by atoms with Crippen LogP contribution in [0.5, 0.6) is 0 Å². The third kappa shape index (κ3) is 6.40. The van der Waals surface area contributed by atoms with E-state index in [1.165, 1.54) is 11.0 Å². The van der Waals surface area contributed by atoms with E-state index in [1.807, 2.05) is 19.9 Å². The van der Waals surface area contributed by atoms with Gasteiger partial charge in [-0.2, -0.15) is 0 Å². The molecule has 2 N–H and O–H groups in total. The van der Waals surface area contributed by atoms with Crippen LogP contribution in [0.3, 0.4) is 0 Å². The van der Waals surface area contributed by atoms with Crippen LogP contribution in [0.15, 0.2) is 35.3 Å². The van der Waals surface area contributed by atoms with Crippen LogP contribution in [-0.2, 0) is 4.79 Å². The maximum atomic E-state index is 13.7. The van der Waals surface area contributed by atoms with Gasteiger partial charge >= 0.3 is 0 Å². The lowest BCUT2D eigenvalue weighted by molar-refractivity contribution is -0.127. The first-order valence-corrected chi connectivity index (χ1v) is 7.86. The molecule has 0 aliphatic rings. The Hall–Kier alpha value is -2.37. The van der Waals surface area contributed by atoms with Gasteiger partial charge in [0.2, 0.25) is 5.91 Å². The number of hydrogen-bond acceptors (Lipinski definition) is 2. The van der Waals surface area contributed by atoms with Crippen LogP contribution >= 0.6 is 0 Å². The van der Waals surface area contributed by atoms with E-state index >= 15 is 0 Å². The number of halogens is 1. The Balaban J connectivity index is 2.85. The molecule has 1 aromatic carbocycles. The van der Waals surface area contributed by atoms with E-state index in [-0.39, 0.29) is 24.3 Å². The van der Waals surface area contributed by atoms with Crippen molar-refractivity contribution in [1.29, 1.82) is 0 Å². The molecule has 0 aliphatic heterocycles. The van der Waals surface area contributed by atoms with E-state index in [1.54, 1.807) is 27.1 Å². The minimum absolute atomic E-state index is 0.0352. The van der Waals surface area contributed by atoms with Crippen LogP contribution in [0.1, 0.15) is 31.0 Å². The van der Waals surface area contributed by atoms with E-state index in [4.69, 9.17) is 0 Å². The monoisotopic (exact) mass is 334 g/mol. The lowest BCUT2D eigenvalue weighted by atomic mass is 10.1. The molecule has 0 saturated carbocycles. The molecule has 0 radical (unpaired) electrons. The van der Waals surface area contributed by atoms with E-state index < -0.39 is 0 Å². The molecule has 5 nitrogen and oxygen atoms in total. The second kappa shape index (κ2) is 9.05. The zero-order valence-electron chi connectivity index (χ0n) is 15.1. The molecule has 0 aromatic heterocycles. The van der Waals surface area contributed by atoms with Gasteiger partial charge in [0.15, 0.2) is 5.96 Å². The number of rotatable bonds is 6. The highest BCUT2D eigenvalue weighted by Gasteiger charge is 2.11. The molecule has 0 heterocycles. The van der Waals surface area contributed by atoms with Gasteiger partial charge in [0.25, 0.3) is 0 Å². The molecule has 0 aliphatic carbocycles. The number of aryl methyl sites for hydroxylation is 1. The maximum absolute atomic E-state index is 13.7. The Morgan fingerprint density at radius 3 is 2.62 bits per heavy atom. The summed E-state index contributed by atoms with van der Waals surface area (Å²) in [5, 5.41) is 6.30. The van der Waals surface area contributed by atoms with Crippen molar-refractivity contribution in [2.75, 3.05) is 27.2 Å². The number of amides is 1. The first-order valence-electron chi connectivity index (χ1n) is 7.86. The zero-order valence-corrected chi connectivity index (χ0v) is 15.1. The number of nitrogens with one attached hydrogen (secondary N) is 2. The lowest BCUT2D eigenvalue weighted by Crippen LogP contribution is -2.40. The van der Waals surface area contributed by atoms with Crippen molar-refractivity contribution in [2.45, 2.75) is 26.8 Å². The zero-order chi connectivity index (χ0) is 18.3. The van der Waals surface area contributed by atoms with Gasteiger partial charge in [-0.3, -0.25) is 4.79 Å². The van der Waals surface area contributed by atoms with Gasteiger partial charge in [-0.05, 0) is 38.0 Å². The molecular weight excluding hydrogens is 307 g/mol. The molecule has 6 heteroatoms. The molecule has 1 aromatic rings. The third-order valence-corrected chi connectivity index (χ3v) is 3.48. The van der Waals surface area contributed by atoms with E-state index in [2.05, 4.69) is 22.2 Å². The highest BCUT2D eigenvalue weighted by molar-refractivity contribution is 5.85. The van der Waals surface area contributed by atoms with E-state index in [0.29, 0.717) is 18.1 Å². The average Bonchev–Trinajstić information content (AvgIpc) is 2.51. The van der Waals surface area contributed by atoms with Gasteiger partial charge in [-0.15, -0.1) is 0 Å². The molecule has 132 valence electrons. The summed E-state index contributed by atoms with van der Waals surface area (Å²) in [4.78, 5) is 17.5. The van der Waals surface area contributed by atoms with Gasteiger partial charge in [-0.25, -0.2) is 9.38 Å². The highest BCUT2D eigenvalue weighted by Crippen LogP contribution is 2.16. The van der Waals surface area contributed by atoms with Crippen LogP contribution in [-0.4, -0.2) is 44.0 Å². The minimum atomic E-state index is -0.239. The van der Waals surface area contributed by atoms with E-state index in [9.17, 15) is 9.18 Å². The van der Waals surface area contributed by atoms with Crippen LogP contribution in [0, 0.1) is 12.7 Å². The summed E-state index contributed by atoms with van der Waals surface area (Å²) in [6.07, 6.45) is 0. The number of likely N-dealkylation sites (N-methyl/N-ethyl adjacent to an activating group) is 1. The normalized spacial score (nSPS) is 12.5. The molecule has 1 unspecified atom stereocenters. The Bertz CT molecular complexity index is 625. The van der Waals surface area contributed by atoms with Crippen LogP contribution in [0.25, 0.3) is 0 Å². The summed E-state index contributed by atoms with van der Waals surface area (Å²) in [6.45, 7) is 9.95. The van der Waals surface area contributed by atoms with Gasteiger partial charge < -0.3 is 15.5 Å². The predicted molar refractivity (Wildman–Crippen MR) is 96.5 cm³/mol. The first-order chi connectivity index (χ1) is 11.2. The number of nitrogens with zero attached hydrogens (tertiary/aromatic N) is 2. The van der Waals surface area contributed by atoms with Gasteiger partial charge in [0, 0.05) is 20.6 Å². The number of carbonyl (C=O) groups excluding carboxylic acids is 1. The third-order valence-electron chi connectivity index (χ3n) is 3.48. The molecule has 0 fully saturated rings. The quantitative estimate of drug-likeness (QED) is 0.477. The van der Waals surface area contributed by atoms with Crippen LogP contribution < -0.4 is 10.6 Å². The molecular formula is C18H27FN4O.